The van der Waals surface area contributed by atoms with Crippen LogP contribution in [0.15, 0.2) is 48.5 Å². The molecule has 1 nitrogen and oxygen atoms in total. The minimum atomic E-state index is 1.02. The van der Waals surface area contributed by atoms with E-state index in [0.717, 1.165) is 6.54 Å². The van der Waals surface area contributed by atoms with Crippen LogP contribution in [0, 0.1) is 0 Å². The molecule has 0 fully saturated rings. The molecule has 1 heterocycles. The molecule has 0 atom stereocenters. The molecule has 1 heteroatoms. The first-order valence-electron chi connectivity index (χ1n) is 7.38. The second-order valence-electron chi connectivity index (χ2n) is 3.78. The molecule has 2 aromatic carbocycles. The highest BCUT2D eigenvalue weighted by atomic mass is 15.0. The van der Waals surface area contributed by atoms with Crippen LogP contribution in [0.4, 0.5) is 0 Å². The van der Waals surface area contributed by atoms with Gasteiger partial charge in [-0.15, -0.1) is 0 Å². The van der Waals surface area contributed by atoms with Gasteiger partial charge in [0.15, 0.2) is 0 Å². The van der Waals surface area contributed by atoms with Crippen LogP contribution in [0.3, 0.4) is 0 Å². The molecule has 19 heavy (non-hydrogen) atoms. The summed E-state index contributed by atoms with van der Waals surface area (Å²) in [6.45, 7) is 11.2. The molecule has 1 aromatic heterocycles. The first kappa shape index (κ1) is 15.3. The van der Waals surface area contributed by atoms with Crippen LogP contribution in [0.1, 0.15) is 34.6 Å². The lowest BCUT2D eigenvalue weighted by atomic mass is 10.2. The number of aromatic nitrogens is 1. The van der Waals surface area contributed by atoms with Gasteiger partial charge in [-0.3, -0.25) is 0 Å². The molecule has 0 N–H and O–H groups in total. The van der Waals surface area contributed by atoms with Crippen molar-refractivity contribution in [2.45, 2.75) is 41.2 Å². The van der Waals surface area contributed by atoms with Gasteiger partial charge in [0, 0.05) is 28.4 Å². The molecular formula is C18H25N. The van der Waals surface area contributed by atoms with Crippen molar-refractivity contribution < 1.29 is 0 Å². The van der Waals surface area contributed by atoms with Gasteiger partial charge < -0.3 is 4.57 Å². The van der Waals surface area contributed by atoms with Crippen molar-refractivity contribution in [1.29, 1.82) is 0 Å². The van der Waals surface area contributed by atoms with E-state index in [4.69, 9.17) is 0 Å². The highest BCUT2D eigenvalue weighted by Crippen LogP contribution is 2.28. The van der Waals surface area contributed by atoms with Crippen molar-refractivity contribution in [1.82, 2.24) is 4.57 Å². The fourth-order valence-electron chi connectivity index (χ4n) is 2.34. The Bertz CT molecular complexity index is 566. The summed E-state index contributed by atoms with van der Waals surface area (Å²) in [5.41, 5.74) is 2.67. The maximum absolute atomic E-state index is 2.37. The van der Waals surface area contributed by atoms with Crippen LogP contribution < -0.4 is 0 Å². The first-order valence-corrected chi connectivity index (χ1v) is 7.38. The summed E-state index contributed by atoms with van der Waals surface area (Å²) in [5, 5.41) is 2.71. The normalized spacial score (nSPS) is 9.53. The van der Waals surface area contributed by atoms with Crippen LogP contribution in [0.2, 0.25) is 0 Å². The van der Waals surface area contributed by atoms with Gasteiger partial charge in [0.25, 0.3) is 0 Å². The van der Waals surface area contributed by atoms with Crippen molar-refractivity contribution in [2.24, 2.45) is 0 Å². The number of para-hydroxylation sites is 2. The fraction of sp³-hybridized carbons (Fsp3) is 0.333. The molecule has 0 saturated heterocycles. The monoisotopic (exact) mass is 255 g/mol. The van der Waals surface area contributed by atoms with E-state index in [1.807, 2.05) is 27.7 Å². The van der Waals surface area contributed by atoms with Crippen LogP contribution >= 0.6 is 0 Å². The van der Waals surface area contributed by atoms with Crippen molar-refractivity contribution in [2.75, 3.05) is 0 Å². The minimum absolute atomic E-state index is 1.02. The maximum Gasteiger partial charge on any atom is 0.0491 e. The van der Waals surface area contributed by atoms with Gasteiger partial charge >= 0.3 is 0 Å². The maximum atomic E-state index is 2.37. The van der Waals surface area contributed by atoms with Crippen LogP contribution in [0.25, 0.3) is 21.8 Å². The zero-order valence-corrected chi connectivity index (χ0v) is 12.8. The number of rotatable bonds is 1. The number of fused-ring (bicyclic) bond motifs is 3. The third-order valence-electron chi connectivity index (χ3n) is 3.00. The summed E-state index contributed by atoms with van der Waals surface area (Å²) in [5.74, 6) is 0. The summed E-state index contributed by atoms with van der Waals surface area (Å²) in [6, 6.07) is 17.2. The lowest BCUT2D eigenvalue weighted by Gasteiger charge is -2.01. The highest BCUT2D eigenvalue weighted by Gasteiger charge is 2.06. The van der Waals surface area contributed by atoms with E-state index in [0.29, 0.717) is 0 Å². The zero-order chi connectivity index (χ0) is 14.3. The molecule has 0 aliphatic carbocycles. The van der Waals surface area contributed by atoms with E-state index < -0.39 is 0 Å². The SMILES string of the molecule is CC.CC.CCn1c2ccccc2c2ccccc21. The number of benzene rings is 2. The zero-order valence-electron chi connectivity index (χ0n) is 12.8. The molecule has 3 aromatic rings. The van der Waals surface area contributed by atoms with Crippen LogP contribution in [-0.2, 0) is 6.54 Å². The largest absolute Gasteiger partial charge is 0.341 e. The molecule has 0 spiro atoms. The van der Waals surface area contributed by atoms with E-state index in [1.165, 1.54) is 21.8 Å². The van der Waals surface area contributed by atoms with Gasteiger partial charge in [0.05, 0.1) is 0 Å². The number of hydrogen-bond donors (Lipinski definition) is 0. The average Bonchev–Trinajstić information content (AvgIpc) is 2.85. The van der Waals surface area contributed by atoms with Crippen molar-refractivity contribution in [3.8, 4) is 0 Å². The Balaban J connectivity index is 0.000000415. The van der Waals surface area contributed by atoms with Crippen LogP contribution in [-0.4, -0.2) is 4.57 Å². The summed E-state index contributed by atoms with van der Waals surface area (Å²) < 4.78 is 2.37. The second-order valence-corrected chi connectivity index (χ2v) is 3.78. The van der Waals surface area contributed by atoms with E-state index >= 15 is 0 Å². The van der Waals surface area contributed by atoms with Gasteiger partial charge in [-0.25, -0.2) is 0 Å². The Labute approximate surface area is 116 Å². The van der Waals surface area contributed by atoms with Crippen molar-refractivity contribution in [3.05, 3.63) is 48.5 Å². The highest BCUT2D eigenvalue weighted by molar-refractivity contribution is 6.07. The molecule has 0 amide bonds. The summed E-state index contributed by atoms with van der Waals surface area (Å²) >= 11 is 0. The quantitative estimate of drug-likeness (QED) is 0.512. The molecule has 0 radical (unpaired) electrons. The third kappa shape index (κ3) is 2.81. The molecule has 0 bridgehead atoms. The minimum Gasteiger partial charge on any atom is -0.341 e. The van der Waals surface area contributed by atoms with Crippen LogP contribution in [0.5, 0.6) is 0 Å². The lowest BCUT2D eigenvalue weighted by Crippen LogP contribution is -1.91. The fourth-order valence-corrected chi connectivity index (χ4v) is 2.34. The predicted molar refractivity (Wildman–Crippen MR) is 87.8 cm³/mol. The Morgan fingerprint density at radius 2 is 1.05 bits per heavy atom. The van der Waals surface area contributed by atoms with E-state index in [2.05, 4.69) is 60.0 Å². The van der Waals surface area contributed by atoms with Crippen molar-refractivity contribution >= 4 is 21.8 Å². The Kier molecular flexibility index (Phi) is 6.14. The number of aryl methyl sites for hydroxylation is 1. The topological polar surface area (TPSA) is 4.93 Å². The molecule has 0 aliphatic heterocycles. The van der Waals surface area contributed by atoms with Gasteiger partial charge in [-0.2, -0.15) is 0 Å². The second kappa shape index (κ2) is 7.63. The molecule has 0 aliphatic rings. The van der Waals surface area contributed by atoms with E-state index in [-0.39, 0.29) is 0 Å². The van der Waals surface area contributed by atoms with Gasteiger partial charge in [0.1, 0.15) is 0 Å². The van der Waals surface area contributed by atoms with Crippen molar-refractivity contribution in [3.63, 3.8) is 0 Å². The summed E-state index contributed by atoms with van der Waals surface area (Å²) in [4.78, 5) is 0. The van der Waals surface area contributed by atoms with Gasteiger partial charge in [-0.05, 0) is 19.1 Å². The number of nitrogens with zero attached hydrogens (tertiary/aromatic N) is 1. The smallest absolute Gasteiger partial charge is 0.0491 e. The summed E-state index contributed by atoms with van der Waals surface area (Å²) in [6.07, 6.45) is 0. The summed E-state index contributed by atoms with van der Waals surface area (Å²) in [7, 11) is 0. The Morgan fingerprint density at radius 3 is 1.42 bits per heavy atom. The van der Waals surface area contributed by atoms with E-state index in [1.54, 1.807) is 0 Å². The molecular weight excluding hydrogens is 230 g/mol. The average molecular weight is 255 g/mol. The molecule has 3 rings (SSSR count). The van der Waals surface area contributed by atoms with Gasteiger partial charge in [0.2, 0.25) is 0 Å². The molecule has 0 saturated carbocycles. The lowest BCUT2D eigenvalue weighted by molar-refractivity contribution is 0.827. The number of hydrogen-bond acceptors (Lipinski definition) is 0. The third-order valence-corrected chi connectivity index (χ3v) is 3.00. The molecule has 102 valence electrons. The molecule has 0 unspecified atom stereocenters. The first-order chi connectivity index (χ1) is 9.42. The standard InChI is InChI=1S/C14H13N.2C2H6/c1-2-15-13-9-5-3-7-11(13)12-8-4-6-10-14(12)15;2*1-2/h3-10H,2H2,1H3;2*1-2H3. The predicted octanol–water partition coefficient (Wildman–Crippen LogP) is 5.87. The van der Waals surface area contributed by atoms with E-state index in [9.17, 15) is 0 Å². The Morgan fingerprint density at radius 1 is 0.684 bits per heavy atom. The Hall–Kier alpha value is -1.76. The van der Waals surface area contributed by atoms with Gasteiger partial charge in [-0.1, -0.05) is 64.1 Å².